The average molecular weight is 301 g/mol. The number of carboxylic acid groups (broad SMARTS) is 1. The van der Waals surface area contributed by atoms with Gasteiger partial charge in [-0.05, 0) is 23.8 Å². The summed E-state index contributed by atoms with van der Waals surface area (Å²) in [5, 5.41) is 8.48. The second kappa shape index (κ2) is 6.52. The van der Waals surface area contributed by atoms with Gasteiger partial charge < -0.3 is 9.84 Å². The lowest BCUT2D eigenvalue weighted by Gasteiger charge is -2.07. The second-order valence-electron chi connectivity index (χ2n) is 3.35. The number of amides is 1. The highest BCUT2D eigenvalue weighted by Crippen LogP contribution is 2.09. The molecule has 1 amide bonds. The maximum atomic E-state index is 11.5. The second-order valence-corrected chi connectivity index (χ2v) is 4.76. The van der Waals surface area contributed by atoms with Gasteiger partial charge in [-0.15, -0.1) is 0 Å². The van der Waals surface area contributed by atoms with E-state index in [-0.39, 0.29) is 5.82 Å². The van der Waals surface area contributed by atoms with Crippen LogP contribution in [0.2, 0.25) is 0 Å². The Bertz CT molecular complexity index is 640. The fraction of sp³-hybridized carbons (Fsp3) is 0.100. The third-order valence-corrected chi connectivity index (χ3v) is 2.76. The summed E-state index contributed by atoms with van der Waals surface area (Å²) in [4.78, 5) is 24.9. The molecule has 0 unspecified atom stereocenters. The first kappa shape index (κ1) is 15.4. The Morgan fingerprint density at radius 3 is 2.75 bits per heavy atom. The molecule has 0 spiro atoms. The van der Waals surface area contributed by atoms with Gasteiger partial charge in [-0.2, -0.15) is 8.42 Å². The van der Waals surface area contributed by atoms with Gasteiger partial charge in [0.2, 0.25) is 0 Å². The van der Waals surface area contributed by atoms with Crippen LogP contribution in [0.1, 0.15) is 5.56 Å². The highest BCUT2D eigenvalue weighted by atomic mass is 32.2. The molecule has 0 radical (unpaired) electrons. The maximum Gasteiger partial charge on any atom is 0.422 e. The Labute approximate surface area is 114 Å². The minimum atomic E-state index is -4.17. The molecule has 1 rings (SSSR count). The number of hydrogen-bond acceptors (Lipinski definition) is 6. The summed E-state index contributed by atoms with van der Waals surface area (Å²) in [5.74, 6) is -1.23. The molecule has 3 N–H and O–H groups in total. The van der Waals surface area contributed by atoms with E-state index >= 15 is 0 Å². The van der Waals surface area contributed by atoms with Crippen molar-refractivity contribution in [3.63, 3.8) is 0 Å². The summed E-state index contributed by atoms with van der Waals surface area (Å²) < 4.78 is 30.6. The molecule has 0 saturated carbocycles. The van der Waals surface area contributed by atoms with Crippen LogP contribution in [-0.2, 0) is 19.7 Å². The zero-order valence-corrected chi connectivity index (χ0v) is 11.0. The van der Waals surface area contributed by atoms with E-state index in [1.807, 2.05) is 4.72 Å². The lowest BCUT2D eigenvalue weighted by atomic mass is 10.2. The topological polar surface area (TPSA) is 135 Å². The van der Waals surface area contributed by atoms with E-state index in [9.17, 15) is 18.0 Å². The van der Waals surface area contributed by atoms with Gasteiger partial charge in [0, 0.05) is 12.3 Å². The molecule has 0 aliphatic rings. The number of methoxy groups -OCH3 is 1. The van der Waals surface area contributed by atoms with Crippen molar-refractivity contribution in [1.29, 1.82) is 0 Å². The van der Waals surface area contributed by atoms with Gasteiger partial charge >= 0.3 is 22.3 Å². The normalized spacial score (nSPS) is 11.1. The number of carbonyl (C=O) groups is 2. The molecule has 0 atom stereocenters. The molecule has 1 heterocycles. The van der Waals surface area contributed by atoms with E-state index in [0.29, 0.717) is 5.56 Å². The van der Waals surface area contributed by atoms with Crippen LogP contribution in [0.5, 0.6) is 0 Å². The molecule has 0 aliphatic heterocycles. The van der Waals surface area contributed by atoms with Crippen LogP contribution < -0.4 is 9.44 Å². The molecule has 1 aromatic rings. The van der Waals surface area contributed by atoms with Crippen molar-refractivity contribution in [3.05, 3.63) is 30.0 Å². The molecule has 0 saturated heterocycles. The smallest absolute Gasteiger partial charge is 0.422 e. The number of anilines is 1. The van der Waals surface area contributed by atoms with Crippen molar-refractivity contribution < 1.29 is 27.9 Å². The van der Waals surface area contributed by atoms with Crippen molar-refractivity contribution >= 4 is 34.2 Å². The van der Waals surface area contributed by atoms with Crippen molar-refractivity contribution in [2.24, 2.45) is 0 Å². The van der Waals surface area contributed by atoms with Crippen molar-refractivity contribution in [3.8, 4) is 0 Å². The summed E-state index contributed by atoms with van der Waals surface area (Å²) >= 11 is 0. The summed E-state index contributed by atoms with van der Waals surface area (Å²) in [6, 6.07) is 2.76. The monoisotopic (exact) mass is 301 g/mol. The largest absolute Gasteiger partial charge is 0.478 e. The van der Waals surface area contributed by atoms with E-state index in [1.165, 1.54) is 24.4 Å². The Balaban J connectivity index is 2.85. The quantitative estimate of drug-likeness (QED) is 0.661. The number of nitrogens with one attached hydrogen (secondary N) is 2. The van der Waals surface area contributed by atoms with Gasteiger partial charge in [0.15, 0.2) is 0 Å². The lowest BCUT2D eigenvalue weighted by Crippen LogP contribution is -2.35. The van der Waals surface area contributed by atoms with Crippen molar-refractivity contribution in [1.82, 2.24) is 9.71 Å². The summed E-state index contributed by atoms with van der Waals surface area (Å²) in [7, 11) is -3.16. The first-order valence-corrected chi connectivity index (χ1v) is 6.56. The van der Waals surface area contributed by atoms with Crippen LogP contribution in [0.4, 0.5) is 10.6 Å². The average Bonchev–Trinajstić information content (AvgIpc) is 2.35. The highest BCUT2D eigenvalue weighted by Gasteiger charge is 2.14. The Hall–Kier alpha value is -2.62. The molecule has 0 aromatic carbocycles. The first-order valence-electron chi connectivity index (χ1n) is 5.08. The van der Waals surface area contributed by atoms with Crippen LogP contribution in [-0.4, -0.2) is 37.7 Å². The molecule has 20 heavy (non-hydrogen) atoms. The van der Waals surface area contributed by atoms with Gasteiger partial charge in [-0.1, -0.05) is 0 Å². The van der Waals surface area contributed by atoms with E-state index in [0.717, 1.165) is 13.2 Å². The van der Waals surface area contributed by atoms with Crippen LogP contribution in [0.15, 0.2) is 24.4 Å². The molecule has 0 aliphatic carbocycles. The number of ether oxygens (including phenoxy) is 1. The van der Waals surface area contributed by atoms with Gasteiger partial charge in [0.1, 0.15) is 5.82 Å². The standard InChI is InChI=1S/C10H11N3O6S/c1-19-10(16)13-20(17,18)12-8-6-7(4-5-11-8)2-3-9(14)15/h2-6H,1H3,(H,11,12)(H,13,16)(H,14,15)/b3-2+. The van der Waals surface area contributed by atoms with Crippen LogP contribution in [0, 0.1) is 0 Å². The van der Waals surface area contributed by atoms with Crippen LogP contribution in [0.3, 0.4) is 0 Å². The number of pyridine rings is 1. The predicted molar refractivity (Wildman–Crippen MR) is 69.0 cm³/mol. The van der Waals surface area contributed by atoms with Gasteiger partial charge in [0.25, 0.3) is 0 Å². The molecular weight excluding hydrogens is 290 g/mol. The lowest BCUT2D eigenvalue weighted by molar-refractivity contribution is -0.131. The number of hydrogen-bond donors (Lipinski definition) is 3. The fourth-order valence-corrected chi connectivity index (χ4v) is 1.83. The number of nitrogens with zero attached hydrogens (tertiary/aromatic N) is 1. The Kier molecular flexibility index (Phi) is 5.03. The fourth-order valence-electron chi connectivity index (χ4n) is 1.09. The number of rotatable bonds is 5. The first-order chi connectivity index (χ1) is 9.32. The third kappa shape index (κ3) is 5.35. The summed E-state index contributed by atoms with van der Waals surface area (Å²) in [6.45, 7) is 0. The van der Waals surface area contributed by atoms with E-state index in [1.54, 1.807) is 4.72 Å². The molecular formula is C10H11N3O6S. The SMILES string of the molecule is COC(=O)NS(=O)(=O)Nc1cc(/C=C/C(=O)O)ccn1. The molecule has 10 heteroatoms. The van der Waals surface area contributed by atoms with Crippen molar-refractivity contribution in [2.45, 2.75) is 0 Å². The number of aliphatic carboxylic acids is 1. The maximum absolute atomic E-state index is 11.5. The highest BCUT2D eigenvalue weighted by molar-refractivity contribution is 7.91. The number of carbonyl (C=O) groups excluding carboxylic acids is 1. The van der Waals surface area contributed by atoms with Gasteiger partial charge in [0.05, 0.1) is 7.11 Å². The zero-order valence-electron chi connectivity index (χ0n) is 10.2. The Morgan fingerprint density at radius 1 is 1.45 bits per heavy atom. The minimum absolute atomic E-state index is 0.0889. The third-order valence-electron chi connectivity index (χ3n) is 1.84. The van der Waals surface area contributed by atoms with E-state index in [2.05, 4.69) is 9.72 Å². The summed E-state index contributed by atoms with van der Waals surface area (Å²) in [6.07, 6.45) is 2.27. The van der Waals surface area contributed by atoms with Crippen LogP contribution in [0.25, 0.3) is 6.08 Å². The van der Waals surface area contributed by atoms with E-state index in [4.69, 9.17) is 5.11 Å². The summed E-state index contributed by atoms with van der Waals surface area (Å²) in [5.41, 5.74) is 0.415. The molecule has 0 fully saturated rings. The minimum Gasteiger partial charge on any atom is -0.478 e. The predicted octanol–water partition coefficient (Wildman–Crippen LogP) is 0.192. The number of aromatic nitrogens is 1. The van der Waals surface area contributed by atoms with Crippen molar-refractivity contribution in [2.75, 3.05) is 11.8 Å². The molecule has 9 nitrogen and oxygen atoms in total. The zero-order chi connectivity index (χ0) is 15.2. The van der Waals surface area contributed by atoms with Gasteiger partial charge in [-0.3, -0.25) is 4.72 Å². The van der Waals surface area contributed by atoms with Gasteiger partial charge in [-0.25, -0.2) is 19.3 Å². The Morgan fingerprint density at radius 2 is 2.15 bits per heavy atom. The van der Waals surface area contributed by atoms with E-state index < -0.39 is 22.3 Å². The molecule has 1 aromatic heterocycles. The molecule has 0 bridgehead atoms. The molecule has 108 valence electrons. The van der Waals surface area contributed by atoms with Crippen LogP contribution >= 0.6 is 0 Å². The number of carboxylic acids is 1.